The zero-order valence-corrected chi connectivity index (χ0v) is 16.5. The van der Waals surface area contributed by atoms with Crippen LogP contribution in [0.15, 0.2) is 42.5 Å². The fourth-order valence-electron chi connectivity index (χ4n) is 3.17. The molecular weight excluding hydrogens is 354 g/mol. The third kappa shape index (κ3) is 5.73. The minimum Gasteiger partial charge on any atom is -0.493 e. The van der Waals surface area contributed by atoms with Gasteiger partial charge in [0.15, 0.2) is 17.3 Å². The molecule has 1 N–H and O–H groups in total. The number of hydrogen-bond donors (Lipinski definition) is 1. The van der Waals surface area contributed by atoms with Crippen molar-refractivity contribution in [3.63, 3.8) is 0 Å². The van der Waals surface area contributed by atoms with Gasteiger partial charge in [-0.25, -0.2) is 0 Å². The number of benzene rings is 2. The normalized spacial score (nSPS) is 12.2. The van der Waals surface area contributed by atoms with Crippen LogP contribution in [0.5, 0.6) is 17.2 Å². The average molecular weight is 383 g/mol. The summed E-state index contributed by atoms with van der Waals surface area (Å²) in [5.41, 5.74) is 1.83. The Labute approximate surface area is 167 Å². The fourth-order valence-corrected chi connectivity index (χ4v) is 3.17. The summed E-state index contributed by atoms with van der Waals surface area (Å²) in [6, 6.07) is 13.8. The van der Waals surface area contributed by atoms with Gasteiger partial charge in [0.25, 0.3) is 0 Å². The van der Waals surface area contributed by atoms with Crippen LogP contribution in [0, 0.1) is 0 Å². The molecule has 0 aliphatic carbocycles. The van der Waals surface area contributed by atoms with Gasteiger partial charge in [-0.15, -0.1) is 0 Å². The third-order valence-corrected chi connectivity index (χ3v) is 4.67. The van der Waals surface area contributed by atoms with E-state index in [0.717, 1.165) is 38.8 Å². The number of fused-ring (bicyclic) bond motifs is 1. The zero-order valence-electron chi connectivity index (χ0n) is 16.5. The predicted molar refractivity (Wildman–Crippen MR) is 110 cm³/mol. The Morgan fingerprint density at radius 1 is 1.07 bits per heavy atom. The maximum Gasteiger partial charge on any atom is 0.231 e. The van der Waals surface area contributed by atoms with Crippen molar-refractivity contribution in [1.82, 2.24) is 5.32 Å². The van der Waals surface area contributed by atoms with Crippen LogP contribution in [0.1, 0.15) is 48.5 Å². The number of hydrogen-bond acceptors (Lipinski definition) is 5. The van der Waals surface area contributed by atoms with E-state index >= 15 is 0 Å². The molecular formula is C23H29NO4. The van der Waals surface area contributed by atoms with E-state index in [9.17, 15) is 4.79 Å². The summed E-state index contributed by atoms with van der Waals surface area (Å²) in [7, 11) is 0. The second-order valence-electron chi connectivity index (χ2n) is 6.92. The van der Waals surface area contributed by atoms with E-state index in [0.29, 0.717) is 35.8 Å². The van der Waals surface area contributed by atoms with Gasteiger partial charge in [-0.2, -0.15) is 0 Å². The van der Waals surface area contributed by atoms with E-state index in [1.54, 1.807) is 12.1 Å². The molecule has 0 spiro atoms. The summed E-state index contributed by atoms with van der Waals surface area (Å²) < 4.78 is 16.8. The van der Waals surface area contributed by atoms with Gasteiger partial charge in [0.2, 0.25) is 6.79 Å². The van der Waals surface area contributed by atoms with Crippen molar-refractivity contribution in [3.05, 3.63) is 53.6 Å². The molecule has 1 heterocycles. The molecule has 0 saturated carbocycles. The summed E-state index contributed by atoms with van der Waals surface area (Å²) in [6.45, 7) is 4.79. The van der Waals surface area contributed by atoms with E-state index in [1.807, 2.05) is 18.2 Å². The molecule has 0 saturated heterocycles. The number of carbonyl (C=O) groups excluding carboxylic acids is 1. The lowest BCUT2D eigenvalue weighted by molar-refractivity contribution is 0.0975. The number of Topliss-reactive ketones (excluding diaryl/α,β-unsaturated/α-hetero) is 1. The topological polar surface area (TPSA) is 56.8 Å². The van der Waals surface area contributed by atoms with Gasteiger partial charge in [-0.05, 0) is 50.4 Å². The number of ketones is 1. The van der Waals surface area contributed by atoms with Gasteiger partial charge in [0.05, 0.1) is 12.2 Å². The second-order valence-corrected chi connectivity index (χ2v) is 6.92. The van der Waals surface area contributed by atoms with Crippen LogP contribution in [-0.2, 0) is 6.42 Å². The number of rotatable bonds is 12. The van der Waals surface area contributed by atoms with E-state index in [1.165, 1.54) is 5.56 Å². The van der Waals surface area contributed by atoms with E-state index < -0.39 is 0 Å². The molecule has 0 amide bonds. The lowest BCUT2D eigenvalue weighted by Gasteiger charge is -2.12. The number of aryl methyl sites for hydroxylation is 1. The van der Waals surface area contributed by atoms with Gasteiger partial charge in [0.1, 0.15) is 5.75 Å². The van der Waals surface area contributed by atoms with Gasteiger partial charge >= 0.3 is 0 Å². The van der Waals surface area contributed by atoms with E-state index in [-0.39, 0.29) is 12.6 Å². The second kappa shape index (κ2) is 10.7. The quantitative estimate of drug-likeness (QED) is 0.435. The lowest BCUT2D eigenvalue weighted by Crippen LogP contribution is -2.18. The van der Waals surface area contributed by atoms with Gasteiger partial charge in [-0.1, -0.05) is 37.3 Å². The first-order chi connectivity index (χ1) is 13.8. The van der Waals surface area contributed by atoms with Crippen molar-refractivity contribution in [2.75, 3.05) is 26.5 Å². The van der Waals surface area contributed by atoms with Crippen LogP contribution >= 0.6 is 0 Å². The number of carbonyl (C=O) groups is 1. The van der Waals surface area contributed by atoms with Crippen LogP contribution in [0.3, 0.4) is 0 Å². The molecule has 2 aromatic carbocycles. The number of ether oxygens (including phenoxy) is 3. The highest BCUT2D eigenvalue weighted by atomic mass is 16.7. The monoisotopic (exact) mass is 383 g/mol. The van der Waals surface area contributed by atoms with Gasteiger partial charge < -0.3 is 19.5 Å². The molecule has 5 nitrogen and oxygen atoms in total. The van der Waals surface area contributed by atoms with Crippen molar-refractivity contribution in [1.29, 1.82) is 0 Å². The minimum atomic E-state index is 0.0772. The summed E-state index contributed by atoms with van der Waals surface area (Å²) in [4.78, 5) is 12.8. The molecule has 0 bridgehead atoms. The standard InChI is InChI=1S/C23H29NO4/c1-2-12-24-13-7-14-26-21-16-23-22(27-17-28-23)15-19(21)20(25)11-6-10-18-8-4-3-5-9-18/h3-5,8-9,15-16,24H,2,6-7,10-14,17H2,1H3. The molecule has 0 unspecified atom stereocenters. The molecule has 0 radical (unpaired) electrons. The van der Waals surface area contributed by atoms with Crippen LogP contribution in [0.4, 0.5) is 0 Å². The van der Waals surface area contributed by atoms with Crippen molar-refractivity contribution >= 4 is 5.78 Å². The Morgan fingerprint density at radius 3 is 2.64 bits per heavy atom. The summed E-state index contributed by atoms with van der Waals surface area (Å²) in [6.07, 6.45) is 4.16. The van der Waals surface area contributed by atoms with Gasteiger partial charge in [-0.3, -0.25) is 4.79 Å². The highest BCUT2D eigenvalue weighted by molar-refractivity contribution is 5.99. The summed E-state index contributed by atoms with van der Waals surface area (Å²) >= 11 is 0. The molecule has 1 aliphatic rings. The first-order valence-electron chi connectivity index (χ1n) is 10.1. The molecule has 0 fully saturated rings. The highest BCUT2D eigenvalue weighted by Crippen LogP contribution is 2.38. The Kier molecular flexibility index (Phi) is 7.73. The first-order valence-corrected chi connectivity index (χ1v) is 10.1. The van der Waals surface area contributed by atoms with Crippen LogP contribution < -0.4 is 19.5 Å². The van der Waals surface area contributed by atoms with Gasteiger partial charge in [0, 0.05) is 12.5 Å². The molecule has 3 rings (SSSR count). The van der Waals surface area contributed by atoms with E-state index in [2.05, 4.69) is 24.4 Å². The van der Waals surface area contributed by atoms with Crippen LogP contribution in [0.25, 0.3) is 0 Å². The molecule has 0 aromatic heterocycles. The minimum absolute atomic E-state index is 0.0772. The SMILES string of the molecule is CCCNCCCOc1cc2c(cc1C(=O)CCCc1ccccc1)OCO2. The lowest BCUT2D eigenvalue weighted by atomic mass is 10.0. The zero-order chi connectivity index (χ0) is 19.6. The van der Waals surface area contributed by atoms with E-state index in [4.69, 9.17) is 14.2 Å². The van der Waals surface area contributed by atoms with Crippen molar-refractivity contribution in [3.8, 4) is 17.2 Å². The summed E-state index contributed by atoms with van der Waals surface area (Å²) in [5, 5.41) is 3.35. The Morgan fingerprint density at radius 2 is 1.86 bits per heavy atom. The highest BCUT2D eigenvalue weighted by Gasteiger charge is 2.21. The molecule has 28 heavy (non-hydrogen) atoms. The summed E-state index contributed by atoms with van der Waals surface area (Å²) in [5.74, 6) is 1.92. The predicted octanol–water partition coefficient (Wildman–Crippen LogP) is 4.39. The Balaban J connectivity index is 1.58. The Hall–Kier alpha value is -2.53. The van der Waals surface area contributed by atoms with Crippen LogP contribution in [0.2, 0.25) is 0 Å². The molecule has 5 heteroatoms. The van der Waals surface area contributed by atoms with Crippen LogP contribution in [-0.4, -0.2) is 32.3 Å². The maximum atomic E-state index is 12.8. The number of nitrogens with one attached hydrogen (secondary N) is 1. The third-order valence-electron chi connectivity index (χ3n) is 4.67. The smallest absolute Gasteiger partial charge is 0.231 e. The molecule has 0 atom stereocenters. The first kappa shape index (κ1) is 20.2. The average Bonchev–Trinajstić information content (AvgIpc) is 3.18. The van der Waals surface area contributed by atoms with Crippen molar-refractivity contribution in [2.24, 2.45) is 0 Å². The fraction of sp³-hybridized carbons (Fsp3) is 0.435. The van der Waals surface area contributed by atoms with Crippen molar-refractivity contribution in [2.45, 2.75) is 39.0 Å². The van der Waals surface area contributed by atoms with Crippen molar-refractivity contribution < 1.29 is 19.0 Å². The molecule has 150 valence electrons. The largest absolute Gasteiger partial charge is 0.493 e. The molecule has 2 aromatic rings. The Bertz CT molecular complexity index is 761. The maximum absolute atomic E-state index is 12.8. The molecule has 1 aliphatic heterocycles.